The first kappa shape index (κ1) is 41.6. The molecule has 0 radical (unpaired) electrons. The van der Waals surface area contributed by atoms with Crippen molar-refractivity contribution in [2.45, 2.75) is 129 Å². The number of unbranched alkanes of at least 4 members (excludes halogenated alkanes) is 12. The van der Waals surface area contributed by atoms with Gasteiger partial charge in [0.2, 0.25) is 0 Å². The molecule has 0 unspecified atom stereocenters. The van der Waals surface area contributed by atoms with Gasteiger partial charge in [0.05, 0.1) is 26.1 Å². The Morgan fingerprint density at radius 1 is 0.526 bits per heavy atom. The van der Waals surface area contributed by atoms with Gasteiger partial charge in [-0.1, -0.05) is 64.2 Å². The summed E-state index contributed by atoms with van der Waals surface area (Å²) in [6.45, 7) is 4.09. The number of ketones is 2. The van der Waals surface area contributed by atoms with E-state index in [0.29, 0.717) is 26.1 Å². The van der Waals surface area contributed by atoms with Crippen LogP contribution in [0.1, 0.15) is 131 Å². The van der Waals surface area contributed by atoms with E-state index in [2.05, 4.69) is 0 Å². The predicted molar refractivity (Wildman–Crippen MR) is 142 cm³/mol. The Hall–Kier alpha value is -0.850. The van der Waals surface area contributed by atoms with Crippen LogP contribution in [0.3, 0.4) is 0 Å². The number of ether oxygens (including phenoxy) is 2. The average molecular weight is 577 g/mol. The monoisotopic (exact) mass is 576 g/mol. The first-order chi connectivity index (χ1) is 17.4. The van der Waals surface area contributed by atoms with Crippen LogP contribution in [-0.2, 0) is 39.1 Å². The first-order valence-corrected chi connectivity index (χ1v) is 14.8. The number of rotatable bonds is 23. The number of carbonyl (C=O) groups excluding carboxylic acids is 4. The van der Waals surface area contributed by atoms with Gasteiger partial charge in [0, 0.05) is 12.8 Å². The summed E-state index contributed by atoms with van der Waals surface area (Å²) in [5, 5.41) is 0. The van der Waals surface area contributed by atoms with E-state index in [0.717, 1.165) is 89.9 Å². The zero-order chi connectivity index (χ0) is 28.4. The molecule has 0 aliphatic carbocycles. The zero-order valence-electron chi connectivity index (χ0n) is 24.7. The Morgan fingerprint density at radius 2 is 0.763 bits per heavy atom. The van der Waals surface area contributed by atoms with E-state index >= 15 is 0 Å². The molecule has 0 saturated carbocycles. The molecular formula is C26H49NaO10S. The van der Waals surface area contributed by atoms with Crippen molar-refractivity contribution in [3.8, 4) is 0 Å². The van der Waals surface area contributed by atoms with Gasteiger partial charge in [-0.15, -0.1) is 0 Å². The molecule has 0 aliphatic heterocycles. The number of carbonyl (C=O) groups is 4. The molecule has 0 amide bonds. The third kappa shape index (κ3) is 45.1. The van der Waals surface area contributed by atoms with Gasteiger partial charge in [-0.05, 0) is 39.5 Å². The van der Waals surface area contributed by atoms with Gasteiger partial charge in [-0.2, -0.15) is 8.42 Å². The van der Waals surface area contributed by atoms with E-state index < -0.39 is 10.4 Å². The van der Waals surface area contributed by atoms with E-state index in [1.165, 1.54) is 0 Å². The second-order valence-corrected chi connectivity index (χ2v) is 10.1. The molecule has 0 aromatic heterocycles. The summed E-state index contributed by atoms with van der Waals surface area (Å²) in [6, 6.07) is 0. The zero-order valence-corrected chi connectivity index (χ0v) is 26.5. The minimum Gasteiger partial charge on any atom is -1.00 e. The number of hydrogen-bond donors (Lipinski definition) is 2. The summed E-state index contributed by atoms with van der Waals surface area (Å²) in [7, 11) is -4.67. The molecule has 0 atom stereocenters. The van der Waals surface area contributed by atoms with E-state index in [-0.39, 0.29) is 67.3 Å². The van der Waals surface area contributed by atoms with Gasteiger partial charge < -0.3 is 20.5 Å². The molecule has 0 saturated heterocycles. The van der Waals surface area contributed by atoms with Gasteiger partial charge in [0.25, 0.3) is 0 Å². The molecule has 2 N–H and O–H groups in total. The molecule has 0 spiro atoms. The second-order valence-electron chi connectivity index (χ2n) is 9.24. The first-order valence-electron chi connectivity index (χ1n) is 13.4. The van der Waals surface area contributed by atoms with Crippen LogP contribution in [-0.4, -0.2) is 54.2 Å². The third-order valence-corrected chi connectivity index (χ3v) is 5.41. The maximum absolute atomic E-state index is 11.7. The number of esters is 2. The summed E-state index contributed by atoms with van der Waals surface area (Å²) >= 11 is 0. The van der Waals surface area contributed by atoms with Crippen LogP contribution >= 0.6 is 0 Å². The van der Waals surface area contributed by atoms with E-state index in [9.17, 15) is 19.2 Å². The topological polar surface area (TPSA) is 161 Å². The van der Waals surface area contributed by atoms with Gasteiger partial charge >= 0.3 is 51.9 Å². The van der Waals surface area contributed by atoms with Gasteiger partial charge in [0.15, 0.2) is 0 Å². The van der Waals surface area contributed by atoms with Crippen LogP contribution in [0.4, 0.5) is 0 Å². The molecule has 38 heavy (non-hydrogen) atoms. The Kier molecular flexibility index (Phi) is 31.9. The average Bonchev–Trinajstić information content (AvgIpc) is 2.78. The van der Waals surface area contributed by atoms with Crippen molar-refractivity contribution in [2.75, 3.05) is 13.2 Å². The minimum atomic E-state index is -4.67. The minimum absolute atomic E-state index is 0. The van der Waals surface area contributed by atoms with Crippen LogP contribution in [0.25, 0.3) is 0 Å². The van der Waals surface area contributed by atoms with Crippen molar-refractivity contribution in [1.82, 2.24) is 0 Å². The molecule has 0 rings (SSSR count). The van der Waals surface area contributed by atoms with Crippen molar-refractivity contribution >= 4 is 33.9 Å². The third-order valence-electron chi connectivity index (χ3n) is 5.41. The van der Waals surface area contributed by atoms with Gasteiger partial charge in [-0.25, -0.2) is 0 Å². The van der Waals surface area contributed by atoms with Crippen molar-refractivity contribution in [3.05, 3.63) is 0 Å². The largest absolute Gasteiger partial charge is 1.00 e. The predicted octanol–water partition coefficient (Wildman–Crippen LogP) is 2.74. The summed E-state index contributed by atoms with van der Waals surface area (Å²) in [6.07, 6.45) is 16.3. The molecule has 0 aromatic rings. The van der Waals surface area contributed by atoms with Crippen LogP contribution in [0.2, 0.25) is 0 Å². The van der Waals surface area contributed by atoms with E-state index in [1.807, 2.05) is 0 Å². The summed E-state index contributed by atoms with van der Waals surface area (Å²) in [5.74, 6) is -0.145. The molecule has 12 heteroatoms. The Labute approximate surface area is 252 Å². The van der Waals surface area contributed by atoms with Crippen molar-refractivity contribution in [2.24, 2.45) is 0 Å². The van der Waals surface area contributed by atoms with Crippen LogP contribution in [0.15, 0.2) is 0 Å². The molecule has 0 aromatic carbocycles. The normalized spacial score (nSPS) is 10.5. The van der Waals surface area contributed by atoms with Crippen molar-refractivity contribution < 1.29 is 77.2 Å². The second kappa shape index (κ2) is 29.1. The quantitative estimate of drug-likeness (QED) is 0.0801. The van der Waals surface area contributed by atoms with Gasteiger partial charge in [0.1, 0.15) is 11.6 Å². The SMILES string of the molecule is CC(=O)CCCCCCCCCOC(=O)CCC(=O)OCCCCCCCCCC(C)=O.O=S(=O)(O)O.[H-].[Na+]. The van der Waals surface area contributed by atoms with Crippen LogP contribution < -0.4 is 29.6 Å². The van der Waals surface area contributed by atoms with Crippen LogP contribution in [0.5, 0.6) is 0 Å². The van der Waals surface area contributed by atoms with Crippen molar-refractivity contribution in [3.63, 3.8) is 0 Å². The maximum atomic E-state index is 11.7. The van der Waals surface area contributed by atoms with Gasteiger partial charge in [-0.3, -0.25) is 18.7 Å². The Balaban J connectivity index is -0.000000796. The Morgan fingerprint density at radius 3 is 1.03 bits per heavy atom. The Bertz CT molecular complexity index is 678. The van der Waals surface area contributed by atoms with Crippen molar-refractivity contribution in [1.29, 1.82) is 0 Å². The molecule has 0 bridgehead atoms. The fraction of sp³-hybridized carbons (Fsp3) is 0.846. The van der Waals surface area contributed by atoms with Crippen LogP contribution in [0, 0.1) is 0 Å². The van der Waals surface area contributed by atoms with E-state index in [4.69, 9.17) is 27.0 Å². The summed E-state index contributed by atoms with van der Waals surface area (Å²) < 4.78 is 41.9. The molecule has 0 fully saturated rings. The van der Waals surface area contributed by atoms with E-state index in [1.54, 1.807) is 13.8 Å². The fourth-order valence-corrected chi connectivity index (χ4v) is 3.44. The number of hydrogen-bond acceptors (Lipinski definition) is 8. The smallest absolute Gasteiger partial charge is 1.00 e. The maximum Gasteiger partial charge on any atom is 1.00 e. The molecular weight excluding hydrogens is 527 g/mol. The summed E-state index contributed by atoms with van der Waals surface area (Å²) in [5.41, 5.74) is 0. The fourth-order valence-electron chi connectivity index (χ4n) is 3.44. The molecule has 0 aliphatic rings. The summed E-state index contributed by atoms with van der Waals surface area (Å²) in [4.78, 5) is 45.1. The number of Topliss-reactive ketones (excluding diaryl/α,β-unsaturated/α-hetero) is 2. The molecule has 0 heterocycles. The molecule has 10 nitrogen and oxygen atoms in total. The molecule has 220 valence electrons. The standard InChI is InChI=1S/C26H46O6.Na.H2O4S.H/c1-23(27)17-13-9-5-3-7-11-15-21-31-25(29)19-20-26(30)32-22-16-12-8-4-6-10-14-18-24(2)28;;1-5(2,3)4;/h3-22H2,1-2H3;;(H2,1,2,3,4);/q;+1;;-1.